The van der Waals surface area contributed by atoms with Gasteiger partial charge in [0.1, 0.15) is 0 Å². The third-order valence-corrected chi connectivity index (χ3v) is 0.188. The molecule has 0 aliphatic rings. The van der Waals surface area contributed by atoms with E-state index >= 15 is 0 Å². The molecule has 0 atom stereocenters. The molecule has 0 unspecified atom stereocenters. The molecule has 0 rings (SSSR count). The SMILES string of the molecule is O=C(O)O.O=C(O)OCO. The summed E-state index contributed by atoms with van der Waals surface area (Å²) < 4.78 is 3.51. The first kappa shape index (κ1) is 11.3. The Morgan fingerprint density at radius 2 is 1.50 bits per heavy atom. The maximum Gasteiger partial charge on any atom is 0.507 e. The van der Waals surface area contributed by atoms with Gasteiger partial charge < -0.3 is 25.2 Å². The molecule has 0 aromatic heterocycles. The third-order valence-electron chi connectivity index (χ3n) is 0.188. The molecule has 4 N–H and O–H groups in total. The Bertz CT molecular complexity index is 103. The van der Waals surface area contributed by atoms with E-state index in [0.29, 0.717) is 0 Å². The molecule has 0 radical (unpaired) electrons. The van der Waals surface area contributed by atoms with Crippen LogP contribution in [0, 0.1) is 0 Å². The Hall–Kier alpha value is -1.50. The van der Waals surface area contributed by atoms with Gasteiger partial charge in [-0.15, -0.1) is 0 Å². The summed E-state index contributed by atoms with van der Waals surface area (Å²) in [5, 5.41) is 29.1. The second kappa shape index (κ2) is 7.50. The van der Waals surface area contributed by atoms with Crippen LogP contribution >= 0.6 is 0 Å². The number of aliphatic hydroxyl groups excluding tert-OH is 1. The molecule has 0 aromatic rings. The summed E-state index contributed by atoms with van der Waals surface area (Å²) in [7, 11) is 0. The van der Waals surface area contributed by atoms with Crippen LogP contribution in [-0.2, 0) is 4.74 Å². The third kappa shape index (κ3) is 87.4. The van der Waals surface area contributed by atoms with Crippen molar-refractivity contribution in [2.75, 3.05) is 6.79 Å². The van der Waals surface area contributed by atoms with Crippen LogP contribution in [0.1, 0.15) is 0 Å². The minimum absolute atomic E-state index is 0.769. The fourth-order valence-corrected chi connectivity index (χ4v) is 0.0552. The van der Waals surface area contributed by atoms with Crippen molar-refractivity contribution in [2.24, 2.45) is 0 Å². The molecule has 0 bridgehead atoms. The molecule has 0 saturated heterocycles. The topological polar surface area (TPSA) is 124 Å². The zero-order valence-corrected chi connectivity index (χ0v) is 4.72. The fraction of sp³-hybridized carbons (Fsp3) is 0.333. The Balaban J connectivity index is 0. The van der Waals surface area contributed by atoms with Crippen molar-refractivity contribution >= 4 is 12.3 Å². The van der Waals surface area contributed by atoms with Crippen molar-refractivity contribution in [3.8, 4) is 0 Å². The molecular formula is C3H6O7. The van der Waals surface area contributed by atoms with E-state index in [0.717, 1.165) is 0 Å². The highest BCUT2D eigenvalue weighted by molar-refractivity contribution is 5.56. The highest BCUT2D eigenvalue weighted by Gasteiger charge is 1.87. The van der Waals surface area contributed by atoms with Crippen LogP contribution in [0.2, 0.25) is 0 Å². The zero-order chi connectivity index (χ0) is 8.57. The summed E-state index contributed by atoms with van der Waals surface area (Å²) in [6, 6.07) is 0. The lowest BCUT2D eigenvalue weighted by Crippen LogP contribution is -1.99. The fourth-order valence-electron chi connectivity index (χ4n) is 0.0552. The first-order valence-electron chi connectivity index (χ1n) is 1.89. The largest absolute Gasteiger partial charge is 0.507 e. The van der Waals surface area contributed by atoms with E-state index in [-0.39, 0.29) is 0 Å². The molecule has 0 fully saturated rings. The molecule has 60 valence electrons. The van der Waals surface area contributed by atoms with E-state index in [1.807, 2.05) is 0 Å². The van der Waals surface area contributed by atoms with Crippen LogP contribution in [0.25, 0.3) is 0 Å². The van der Waals surface area contributed by atoms with E-state index in [1.165, 1.54) is 0 Å². The Morgan fingerprint density at radius 3 is 1.50 bits per heavy atom. The summed E-state index contributed by atoms with van der Waals surface area (Å²) in [5.74, 6) is 0. The molecule has 0 heterocycles. The van der Waals surface area contributed by atoms with Gasteiger partial charge in [-0.2, -0.15) is 0 Å². The molecule has 0 amide bonds. The monoisotopic (exact) mass is 154 g/mol. The van der Waals surface area contributed by atoms with Crippen molar-refractivity contribution in [3.05, 3.63) is 0 Å². The molecule has 0 saturated carbocycles. The predicted molar refractivity (Wildman–Crippen MR) is 26.8 cm³/mol. The van der Waals surface area contributed by atoms with Crippen LogP contribution < -0.4 is 0 Å². The van der Waals surface area contributed by atoms with Crippen LogP contribution in [0.3, 0.4) is 0 Å². The number of ether oxygens (including phenoxy) is 1. The van der Waals surface area contributed by atoms with Crippen LogP contribution in [0.4, 0.5) is 9.59 Å². The molecule has 7 nitrogen and oxygen atoms in total. The summed E-state index contributed by atoms with van der Waals surface area (Å²) >= 11 is 0. The highest BCUT2D eigenvalue weighted by Crippen LogP contribution is 1.67. The maximum absolute atomic E-state index is 9.22. The van der Waals surface area contributed by atoms with Gasteiger partial charge in [-0.3, -0.25) is 0 Å². The molecule has 7 heteroatoms. The average Bonchev–Trinajstić information content (AvgIpc) is 1.62. The summed E-state index contributed by atoms with van der Waals surface area (Å²) in [6.07, 6.45) is -3.29. The van der Waals surface area contributed by atoms with Gasteiger partial charge in [0, 0.05) is 0 Å². The van der Waals surface area contributed by atoms with E-state index in [9.17, 15) is 4.79 Å². The molecule has 0 aliphatic carbocycles. The molecule has 0 spiro atoms. The van der Waals surface area contributed by atoms with E-state index in [1.54, 1.807) is 0 Å². The van der Waals surface area contributed by atoms with E-state index < -0.39 is 19.1 Å². The normalized spacial score (nSPS) is 6.90. The van der Waals surface area contributed by atoms with Crippen molar-refractivity contribution in [1.29, 1.82) is 0 Å². The first-order chi connectivity index (χ1) is 4.50. The van der Waals surface area contributed by atoms with Crippen molar-refractivity contribution < 1.29 is 34.8 Å². The van der Waals surface area contributed by atoms with Crippen molar-refractivity contribution in [3.63, 3.8) is 0 Å². The van der Waals surface area contributed by atoms with Gasteiger partial charge in [-0.1, -0.05) is 0 Å². The molecular weight excluding hydrogens is 148 g/mol. The minimum atomic E-state index is -1.83. The second-order valence-corrected chi connectivity index (χ2v) is 0.822. The smallest absolute Gasteiger partial charge is 0.450 e. The lowest BCUT2D eigenvalue weighted by Gasteiger charge is -1.86. The van der Waals surface area contributed by atoms with Gasteiger partial charge in [0.25, 0.3) is 0 Å². The lowest BCUT2D eigenvalue weighted by atomic mass is 11.3. The van der Waals surface area contributed by atoms with Crippen molar-refractivity contribution in [1.82, 2.24) is 0 Å². The number of carbonyl (C=O) groups is 2. The van der Waals surface area contributed by atoms with Crippen LogP contribution in [0.15, 0.2) is 0 Å². The van der Waals surface area contributed by atoms with Gasteiger partial charge >= 0.3 is 12.3 Å². The number of carboxylic acid groups (broad SMARTS) is 3. The van der Waals surface area contributed by atoms with E-state index in [4.69, 9.17) is 25.2 Å². The van der Waals surface area contributed by atoms with Crippen LogP contribution in [-0.4, -0.2) is 39.5 Å². The van der Waals surface area contributed by atoms with Crippen molar-refractivity contribution in [2.45, 2.75) is 0 Å². The van der Waals surface area contributed by atoms with Gasteiger partial charge in [0.15, 0.2) is 6.79 Å². The second-order valence-electron chi connectivity index (χ2n) is 0.822. The van der Waals surface area contributed by atoms with Gasteiger partial charge in [0.05, 0.1) is 0 Å². The predicted octanol–water partition coefficient (Wildman–Crippen LogP) is -0.147. The molecule has 0 aliphatic heterocycles. The quantitative estimate of drug-likeness (QED) is 0.305. The van der Waals surface area contributed by atoms with E-state index in [2.05, 4.69) is 4.74 Å². The van der Waals surface area contributed by atoms with Crippen LogP contribution in [0.5, 0.6) is 0 Å². The number of rotatable bonds is 1. The lowest BCUT2D eigenvalue weighted by molar-refractivity contribution is 0.0137. The number of hydrogen-bond acceptors (Lipinski definition) is 4. The molecule has 10 heavy (non-hydrogen) atoms. The number of hydrogen-bond donors (Lipinski definition) is 4. The number of aliphatic hydroxyl groups is 1. The zero-order valence-electron chi connectivity index (χ0n) is 4.72. The van der Waals surface area contributed by atoms with Gasteiger partial charge in [0.2, 0.25) is 0 Å². The van der Waals surface area contributed by atoms with Gasteiger partial charge in [-0.25, -0.2) is 9.59 Å². The summed E-state index contributed by atoms with van der Waals surface area (Å²) in [6.45, 7) is -0.769. The average molecular weight is 154 g/mol. The minimum Gasteiger partial charge on any atom is -0.450 e. The highest BCUT2D eigenvalue weighted by atomic mass is 16.7. The maximum atomic E-state index is 9.22. The van der Waals surface area contributed by atoms with Gasteiger partial charge in [-0.05, 0) is 0 Å². The molecule has 0 aromatic carbocycles. The summed E-state index contributed by atoms with van der Waals surface area (Å²) in [5.41, 5.74) is 0. The Morgan fingerprint density at radius 1 is 1.20 bits per heavy atom. The summed E-state index contributed by atoms with van der Waals surface area (Å²) in [4.78, 5) is 17.8. The Labute approximate surface area is 55.1 Å². The Kier molecular flexibility index (Phi) is 8.49. The first-order valence-corrected chi connectivity index (χ1v) is 1.89. The standard InChI is InChI=1S/C2H4O4.CH2O3/c3-1-6-2(4)5;2-1(3)4/h3H,1H2,(H,4,5);(H2,2,3,4).